The lowest BCUT2D eigenvalue weighted by atomic mass is 10.1. The summed E-state index contributed by atoms with van der Waals surface area (Å²) < 4.78 is 24.6. The molecule has 0 radical (unpaired) electrons. The van der Waals surface area contributed by atoms with Crippen LogP contribution in [0, 0.1) is 0 Å². The van der Waals surface area contributed by atoms with Gasteiger partial charge in [-0.2, -0.15) is 0 Å². The predicted molar refractivity (Wildman–Crippen MR) is 68.5 cm³/mol. The lowest BCUT2D eigenvalue weighted by molar-refractivity contribution is 0.0977. The number of halogens is 2. The Bertz CT molecular complexity index is 543. The van der Waals surface area contributed by atoms with E-state index in [4.69, 9.17) is 5.73 Å². The van der Waals surface area contributed by atoms with Gasteiger partial charge in [0.1, 0.15) is 0 Å². The normalized spacial score (nSPS) is 11.6. The van der Waals surface area contributed by atoms with E-state index in [9.17, 15) is 8.78 Å². The molecule has 2 rings (SSSR count). The van der Waals surface area contributed by atoms with E-state index in [0.717, 1.165) is 16.5 Å². The molecule has 0 bridgehead atoms. The van der Waals surface area contributed by atoms with E-state index in [0.29, 0.717) is 12.2 Å². The van der Waals surface area contributed by atoms with Crippen LogP contribution in [0.2, 0.25) is 0 Å². The predicted octanol–water partition coefficient (Wildman–Crippen LogP) is 2.51. The van der Waals surface area contributed by atoms with E-state index in [-0.39, 0.29) is 6.54 Å². The molecular weight excluding hydrogens is 236 g/mol. The van der Waals surface area contributed by atoms with Crippen molar-refractivity contribution >= 4 is 16.6 Å². The van der Waals surface area contributed by atoms with Crippen LogP contribution in [0.4, 0.5) is 14.5 Å². The number of pyridine rings is 1. The van der Waals surface area contributed by atoms with Gasteiger partial charge in [-0.05, 0) is 30.8 Å². The molecule has 0 atom stereocenters. The second-order valence-electron chi connectivity index (χ2n) is 4.30. The van der Waals surface area contributed by atoms with E-state index >= 15 is 0 Å². The molecule has 0 aliphatic heterocycles. The lowest BCUT2D eigenvalue weighted by Gasteiger charge is -2.17. The maximum atomic E-state index is 12.3. The maximum Gasteiger partial charge on any atom is 0.251 e. The Labute approximate surface area is 104 Å². The second kappa shape index (κ2) is 5.27. The number of hydrogen-bond acceptors (Lipinski definition) is 3. The van der Waals surface area contributed by atoms with Crippen molar-refractivity contribution in [3.8, 4) is 0 Å². The third-order valence-corrected chi connectivity index (χ3v) is 2.78. The van der Waals surface area contributed by atoms with E-state index in [2.05, 4.69) is 4.98 Å². The van der Waals surface area contributed by atoms with Gasteiger partial charge in [-0.25, -0.2) is 8.78 Å². The van der Waals surface area contributed by atoms with Crippen LogP contribution in [-0.4, -0.2) is 29.9 Å². The molecule has 18 heavy (non-hydrogen) atoms. The number of hydrogen-bond donors (Lipinski definition) is 1. The molecule has 0 fully saturated rings. The van der Waals surface area contributed by atoms with Crippen molar-refractivity contribution < 1.29 is 8.78 Å². The quantitative estimate of drug-likeness (QED) is 0.849. The van der Waals surface area contributed by atoms with Gasteiger partial charge in [-0.15, -0.1) is 0 Å². The first-order valence-corrected chi connectivity index (χ1v) is 5.66. The molecule has 0 aliphatic carbocycles. The number of benzene rings is 1. The largest absolute Gasteiger partial charge is 0.398 e. The molecule has 0 saturated heterocycles. The fourth-order valence-corrected chi connectivity index (χ4v) is 1.97. The molecule has 0 amide bonds. The van der Waals surface area contributed by atoms with Crippen LogP contribution in [-0.2, 0) is 6.54 Å². The van der Waals surface area contributed by atoms with E-state index in [1.807, 2.05) is 18.2 Å². The SMILES string of the molecule is CN(Cc1ccc(N)c2cccnc12)CC(F)F. The number of alkyl halides is 2. The Morgan fingerprint density at radius 1 is 1.33 bits per heavy atom. The summed E-state index contributed by atoms with van der Waals surface area (Å²) in [5.74, 6) is 0. The number of anilines is 1. The Kier molecular flexibility index (Phi) is 3.72. The van der Waals surface area contributed by atoms with Crippen molar-refractivity contribution in [2.75, 3.05) is 19.3 Å². The molecule has 5 heteroatoms. The van der Waals surface area contributed by atoms with Crippen molar-refractivity contribution in [1.29, 1.82) is 0 Å². The van der Waals surface area contributed by atoms with Gasteiger partial charge in [0, 0.05) is 23.8 Å². The van der Waals surface area contributed by atoms with E-state index in [1.165, 1.54) is 0 Å². The first kappa shape index (κ1) is 12.7. The molecule has 1 aromatic heterocycles. The van der Waals surface area contributed by atoms with Gasteiger partial charge in [0.15, 0.2) is 0 Å². The zero-order valence-corrected chi connectivity index (χ0v) is 10.1. The highest BCUT2D eigenvalue weighted by molar-refractivity contribution is 5.92. The summed E-state index contributed by atoms with van der Waals surface area (Å²) >= 11 is 0. The van der Waals surface area contributed by atoms with Crippen molar-refractivity contribution in [2.24, 2.45) is 0 Å². The van der Waals surface area contributed by atoms with Gasteiger partial charge in [0.25, 0.3) is 6.43 Å². The molecule has 2 N–H and O–H groups in total. The minimum atomic E-state index is -2.33. The zero-order valence-electron chi connectivity index (χ0n) is 10.1. The molecule has 0 spiro atoms. The highest BCUT2D eigenvalue weighted by Gasteiger charge is 2.11. The molecular formula is C13H15F2N3. The maximum absolute atomic E-state index is 12.3. The summed E-state index contributed by atoms with van der Waals surface area (Å²) in [6.07, 6.45) is -0.652. The Morgan fingerprint density at radius 3 is 2.83 bits per heavy atom. The van der Waals surface area contributed by atoms with E-state index in [1.54, 1.807) is 24.2 Å². The van der Waals surface area contributed by atoms with E-state index < -0.39 is 6.43 Å². The summed E-state index contributed by atoms with van der Waals surface area (Å²) in [6, 6.07) is 7.32. The summed E-state index contributed by atoms with van der Waals surface area (Å²) in [6.45, 7) is 0.177. The average molecular weight is 251 g/mol. The molecule has 2 aromatic rings. The fraction of sp³-hybridized carbons (Fsp3) is 0.308. The van der Waals surface area contributed by atoms with Gasteiger partial charge in [-0.1, -0.05) is 6.07 Å². The molecule has 1 aromatic carbocycles. The lowest BCUT2D eigenvalue weighted by Crippen LogP contribution is -2.24. The Balaban J connectivity index is 2.31. The minimum Gasteiger partial charge on any atom is -0.398 e. The second-order valence-corrected chi connectivity index (χ2v) is 4.30. The monoisotopic (exact) mass is 251 g/mol. The number of rotatable bonds is 4. The number of nitrogens with zero attached hydrogens (tertiary/aromatic N) is 2. The smallest absolute Gasteiger partial charge is 0.251 e. The zero-order chi connectivity index (χ0) is 13.1. The molecule has 0 aliphatic rings. The number of nitrogen functional groups attached to an aromatic ring is 1. The van der Waals surface area contributed by atoms with Gasteiger partial charge < -0.3 is 5.73 Å². The fourth-order valence-electron chi connectivity index (χ4n) is 1.97. The summed E-state index contributed by atoms with van der Waals surface area (Å²) in [4.78, 5) is 5.85. The van der Waals surface area contributed by atoms with Crippen molar-refractivity contribution in [3.05, 3.63) is 36.0 Å². The first-order valence-electron chi connectivity index (χ1n) is 5.66. The van der Waals surface area contributed by atoms with Gasteiger partial charge in [0.05, 0.1) is 12.1 Å². The topological polar surface area (TPSA) is 42.1 Å². The summed E-state index contributed by atoms with van der Waals surface area (Å²) in [5, 5.41) is 0.862. The van der Waals surface area contributed by atoms with Crippen molar-refractivity contribution in [1.82, 2.24) is 9.88 Å². The first-order chi connectivity index (χ1) is 8.58. The Morgan fingerprint density at radius 2 is 2.11 bits per heavy atom. The van der Waals surface area contributed by atoms with Gasteiger partial charge in [-0.3, -0.25) is 9.88 Å². The third-order valence-electron chi connectivity index (χ3n) is 2.78. The van der Waals surface area contributed by atoms with Crippen LogP contribution in [0.1, 0.15) is 5.56 Å². The van der Waals surface area contributed by atoms with Crippen molar-refractivity contribution in [2.45, 2.75) is 13.0 Å². The average Bonchev–Trinajstić information content (AvgIpc) is 2.32. The third kappa shape index (κ3) is 2.73. The highest BCUT2D eigenvalue weighted by atomic mass is 19.3. The number of nitrogens with two attached hydrogens (primary N) is 1. The van der Waals surface area contributed by atoms with Crippen LogP contribution in [0.15, 0.2) is 30.5 Å². The molecule has 3 nitrogen and oxygen atoms in total. The molecule has 0 unspecified atom stereocenters. The highest BCUT2D eigenvalue weighted by Crippen LogP contribution is 2.23. The number of fused-ring (bicyclic) bond motifs is 1. The van der Waals surface area contributed by atoms with Crippen LogP contribution in [0.5, 0.6) is 0 Å². The van der Waals surface area contributed by atoms with Crippen LogP contribution in [0.3, 0.4) is 0 Å². The summed E-state index contributed by atoms with van der Waals surface area (Å²) in [5.41, 5.74) is 8.20. The molecule has 1 heterocycles. The van der Waals surface area contributed by atoms with Crippen LogP contribution >= 0.6 is 0 Å². The molecule has 0 saturated carbocycles. The Hall–Kier alpha value is -1.75. The molecule has 96 valence electrons. The van der Waals surface area contributed by atoms with Gasteiger partial charge in [0.2, 0.25) is 0 Å². The number of aromatic nitrogens is 1. The van der Waals surface area contributed by atoms with Crippen molar-refractivity contribution in [3.63, 3.8) is 0 Å². The van der Waals surface area contributed by atoms with Gasteiger partial charge >= 0.3 is 0 Å². The standard InChI is InChI=1S/C13H15F2N3/c1-18(8-12(14)15)7-9-4-5-11(16)10-3-2-6-17-13(9)10/h2-6,12H,7-8,16H2,1H3. The van der Waals surface area contributed by atoms with Crippen LogP contribution in [0.25, 0.3) is 10.9 Å². The minimum absolute atomic E-state index is 0.251. The van der Waals surface area contributed by atoms with Crippen LogP contribution < -0.4 is 5.73 Å². The summed E-state index contributed by atoms with van der Waals surface area (Å²) in [7, 11) is 1.66.